The van der Waals surface area contributed by atoms with Crippen molar-refractivity contribution < 1.29 is 0 Å². The standard InChI is InChI=1S/C51H36N2S/c1-51(2)44-19-11-9-17-39(44)40-27-25-37(31-45(40)51)52(36-23-21-34(22-24-36)33-13-5-3-6-14-33)38-26-28-43-47(32-38)53(35-15-7-4-8-16-35)46-30-29-42-41-18-10-12-20-48(41)54-50(42)49(43)46/h3-32H,1-2H3. The van der Waals surface area contributed by atoms with E-state index in [9.17, 15) is 0 Å². The van der Waals surface area contributed by atoms with E-state index in [1.165, 1.54) is 75.4 Å². The summed E-state index contributed by atoms with van der Waals surface area (Å²) >= 11 is 1.90. The first kappa shape index (κ1) is 31.1. The largest absolute Gasteiger partial charge is 0.310 e. The number of thiophene rings is 1. The minimum atomic E-state index is -0.107. The zero-order chi connectivity index (χ0) is 36.0. The summed E-state index contributed by atoms with van der Waals surface area (Å²) in [6.07, 6.45) is 0. The number of hydrogen-bond acceptors (Lipinski definition) is 2. The number of fused-ring (bicyclic) bond motifs is 10. The number of rotatable bonds is 5. The summed E-state index contributed by atoms with van der Waals surface area (Å²) in [7, 11) is 0. The molecule has 0 amide bonds. The van der Waals surface area contributed by atoms with Crippen LogP contribution in [0, 0.1) is 0 Å². The molecule has 0 aliphatic heterocycles. The van der Waals surface area contributed by atoms with Gasteiger partial charge >= 0.3 is 0 Å². The minimum absolute atomic E-state index is 0.107. The smallest absolute Gasteiger partial charge is 0.0562 e. The maximum absolute atomic E-state index is 2.46. The average Bonchev–Trinajstić information content (AvgIpc) is 3.84. The molecule has 3 heteroatoms. The molecule has 256 valence electrons. The van der Waals surface area contributed by atoms with Crippen molar-refractivity contribution in [2.45, 2.75) is 19.3 Å². The summed E-state index contributed by atoms with van der Waals surface area (Å²) in [4.78, 5) is 2.44. The third kappa shape index (κ3) is 4.58. The van der Waals surface area contributed by atoms with Crippen LogP contribution in [0.15, 0.2) is 182 Å². The van der Waals surface area contributed by atoms with E-state index >= 15 is 0 Å². The van der Waals surface area contributed by atoms with Gasteiger partial charge < -0.3 is 9.47 Å². The fourth-order valence-corrected chi connectivity index (χ4v) is 10.2. The van der Waals surface area contributed by atoms with E-state index in [1.807, 2.05) is 11.3 Å². The third-order valence-electron chi connectivity index (χ3n) is 11.6. The lowest BCUT2D eigenvalue weighted by atomic mass is 9.82. The van der Waals surface area contributed by atoms with Crippen LogP contribution in [0.1, 0.15) is 25.0 Å². The van der Waals surface area contributed by atoms with Crippen LogP contribution < -0.4 is 4.90 Å². The lowest BCUT2D eigenvalue weighted by Gasteiger charge is -2.28. The Kier molecular flexibility index (Phi) is 6.80. The van der Waals surface area contributed by atoms with E-state index in [4.69, 9.17) is 0 Å². The molecule has 8 aromatic carbocycles. The first-order chi connectivity index (χ1) is 26.5. The highest BCUT2D eigenvalue weighted by atomic mass is 32.1. The van der Waals surface area contributed by atoms with E-state index < -0.39 is 0 Å². The van der Waals surface area contributed by atoms with E-state index in [2.05, 4.69) is 205 Å². The van der Waals surface area contributed by atoms with Crippen molar-refractivity contribution in [3.05, 3.63) is 193 Å². The molecule has 1 aliphatic carbocycles. The second-order valence-electron chi connectivity index (χ2n) is 15.0. The molecular formula is C51H36N2S. The van der Waals surface area contributed by atoms with Crippen LogP contribution in [0.3, 0.4) is 0 Å². The van der Waals surface area contributed by atoms with Gasteiger partial charge in [-0.25, -0.2) is 0 Å². The van der Waals surface area contributed by atoms with Gasteiger partial charge in [0.1, 0.15) is 0 Å². The molecule has 54 heavy (non-hydrogen) atoms. The second kappa shape index (κ2) is 11.8. The summed E-state index contributed by atoms with van der Waals surface area (Å²) < 4.78 is 5.12. The van der Waals surface area contributed by atoms with Gasteiger partial charge in [-0.05, 0) is 94.0 Å². The topological polar surface area (TPSA) is 8.17 Å². The number of benzene rings is 8. The normalized spacial score (nSPS) is 13.1. The van der Waals surface area contributed by atoms with Gasteiger partial charge in [0.15, 0.2) is 0 Å². The Bertz CT molecular complexity index is 3060. The summed E-state index contributed by atoms with van der Waals surface area (Å²) in [5, 5.41) is 5.22. The van der Waals surface area contributed by atoms with Crippen LogP contribution in [0.2, 0.25) is 0 Å². The summed E-state index contributed by atoms with van der Waals surface area (Å²) in [6, 6.07) is 67.0. The number of para-hydroxylation sites is 1. The molecule has 2 aromatic heterocycles. The fourth-order valence-electron chi connectivity index (χ4n) is 8.98. The zero-order valence-electron chi connectivity index (χ0n) is 30.1. The molecule has 0 atom stereocenters. The van der Waals surface area contributed by atoms with Gasteiger partial charge in [-0.1, -0.05) is 135 Å². The molecule has 0 N–H and O–H groups in total. The Balaban J connectivity index is 1.16. The number of aromatic nitrogens is 1. The summed E-state index contributed by atoms with van der Waals surface area (Å²) in [6.45, 7) is 4.72. The fraction of sp³-hybridized carbons (Fsp3) is 0.0588. The van der Waals surface area contributed by atoms with Crippen molar-refractivity contribution in [1.82, 2.24) is 4.57 Å². The quantitative estimate of drug-likeness (QED) is 0.173. The predicted octanol–water partition coefficient (Wildman–Crippen LogP) is 14.6. The molecule has 0 bridgehead atoms. The number of hydrogen-bond donors (Lipinski definition) is 0. The lowest BCUT2D eigenvalue weighted by molar-refractivity contribution is 0.660. The van der Waals surface area contributed by atoms with Crippen molar-refractivity contribution in [3.8, 4) is 27.9 Å². The van der Waals surface area contributed by atoms with Gasteiger partial charge in [-0.3, -0.25) is 0 Å². The van der Waals surface area contributed by atoms with Gasteiger partial charge in [0.05, 0.1) is 11.0 Å². The molecule has 0 unspecified atom stereocenters. The Morgan fingerprint density at radius 2 is 1.09 bits per heavy atom. The van der Waals surface area contributed by atoms with Crippen molar-refractivity contribution in [2.24, 2.45) is 0 Å². The van der Waals surface area contributed by atoms with Crippen LogP contribution >= 0.6 is 11.3 Å². The second-order valence-corrected chi connectivity index (χ2v) is 16.0. The van der Waals surface area contributed by atoms with Crippen molar-refractivity contribution >= 4 is 70.4 Å². The van der Waals surface area contributed by atoms with Crippen LogP contribution in [0.4, 0.5) is 17.1 Å². The summed E-state index contributed by atoms with van der Waals surface area (Å²) in [5.74, 6) is 0. The SMILES string of the molecule is CC1(C)c2ccccc2-c2ccc(N(c3ccc(-c4ccccc4)cc3)c3ccc4c5c6sc7ccccc7c6ccc5n(-c5ccccc5)c4c3)cc21. The molecule has 0 saturated heterocycles. The van der Waals surface area contributed by atoms with Crippen molar-refractivity contribution in [2.75, 3.05) is 4.90 Å². The molecule has 10 aromatic rings. The zero-order valence-corrected chi connectivity index (χ0v) is 30.9. The first-order valence-electron chi connectivity index (χ1n) is 18.7. The average molecular weight is 709 g/mol. The summed E-state index contributed by atoms with van der Waals surface area (Å²) in [5.41, 5.74) is 14.7. The Labute approximate surface area is 318 Å². The predicted molar refractivity (Wildman–Crippen MR) is 231 cm³/mol. The molecule has 0 spiro atoms. The van der Waals surface area contributed by atoms with E-state index in [0.29, 0.717) is 0 Å². The van der Waals surface area contributed by atoms with Gasteiger partial charge in [0.2, 0.25) is 0 Å². The van der Waals surface area contributed by atoms with Crippen LogP contribution in [0.5, 0.6) is 0 Å². The highest BCUT2D eigenvalue weighted by Crippen LogP contribution is 2.51. The Hall–Kier alpha value is -6.42. The van der Waals surface area contributed by atoms with Gasteiger partial charge in [0, 0.05) is 59.1 Å². The third-order valence-corrected chi connectivity index (χ3v) is 12.8. The molecular weight excluding hydrogens is 673 g/mol. The monoisotopic (exact) mass is 708 g/mol. The van der Waals surface area contributed by atoms with Crippen LogP contribution in [0.25, 0.3) is 69.9 Å². The van der Waals surface area contributed by atoms with Gasteiger partial charge in [-0.15, -0.1) is 11.3 Å². The maximum atomic E-state index is 2.46. The molecule has 2 heterocycles. The Morgan fingerprint density at radius 1 is 0.463 bits per heavy atom. The highest BCUT2D eigenvalue weighted by molar-refractivity contribution is 7.26. The minimum Gasteiger partial charge on any atom is -0.310 e. The van der Waals surface area contributed by atoms with E-state index in [0.717, 1.165) is 22.7 Å². The van der Waals surface area contributed by atoms with Crippen LogP contribution in [-0.4, -0.2) is 4.57 Å². The first-order valence-corrected chi connectivity index (χ1v) is 19.5. The van der Waals surface area contributed by atoms with E-state index in [1.54, 1.807) is 0 Å². The number of nitrogens with zero attached hydrogens (tertiary/aromatic N) is 2. The van der Waals surface area contributed by atoms with E-state index in [-0.39, 0.29) is 5.41 Å². The van der Waals surface area contributed by atoms with Crippen molar-refractivity contribution in [3.63, 3.8) is 0 Å². The number of anilines is 3. The molecule has 0 saturated carbocycles. The van der Waals surface area contributed by atoms with Gasteiger partial charge in [0.25, 0.3) is 0 Å². The molecule has 1 aliphatic rings. The molecule has 11 rings (SSSR count). The van der Waals surface area contributed by atoms with Crippen molar-refractivity contribution in [1.29, 1.82) is 0 Å². The van der Waals surface area contributed by atoms with Crippen LogP contribution in [-0.2, 0) is 5.41 Å². The molecule has 0 radical (unpaired) electrons. The van der Waals surface area contributed by atoms with Gasteiger partial charge in [-0.2, -0.15) is 0 Å². The Morgan fingerprint density at radius 3 is 1.93 bits per heavy atom. The lowest BCUT2D eigenvalue weighted by Crippen LogP contribution is -2.16. The molecule has 0 fully saturated rings. The molecule has 2 nitrogen and oxygen atoms in total. The maximum Gasteiger partial charge on any atom is 0.0562 e. The highest BCUT2D eigenvalue weighted by Gasteiger charge is 2.35.